The van der Waals surface area contributed by atoms with Gasteiger partial charge in [0.1, 0.15) is 10.6 Å². The van der Waals surface area contributed by atoms with Crippen LogP contribution in [-0.2, 0) is 14.8 Å². The van der Waals surface area contributed by atoms with Gasteiger partial charge in [0.25, 0.3) is 10.0 Å². The number of hydrogen-bond acceptors (Lipinski definition) is 5. The summed E-state index contributed by atoms with van der Waals surface area (Å²) in [5.41, 5.74) is 1.31. The molecule has 1 amide bonds. The van der Waals surface area contributed by atoms with Crippen molar-refractivity contribution in [2.75, 3.05) is 31.6 Å². The average Bonchev–Trinajstić information content (AvgIpc) is 2.81. The molecule has 0 spiro atoms. The molecule has 0 aliphatic heterocycles. The minimum Gasteiger partial charge on any atom is -0.495 e. The predicted octanol–water partition coefficient (Wildman–Crippen LogP) is 5.15. The van der Waals surface area contributed by atoms with Crippen LogP contribution in [0.2, 0.25) is 10.0 Å². The molecule has 1 aliphatic carbocycles. The molecule has 1 atom stereocenters. The van der Waals surface area contributed by atoms with Gasteiger partial charge in [0, 0.05) is 29.8 Å². The van der Waals surface area contributed by atoms with Gasteiger partial charge in [-0.05, 0) is 43.7 Å². The van der Waals surface area contributed by atoms with Crippen molar-refractivity contribution < 1.29 is 17.9 Å². The first-order chi connectivity index (χ1) is 16.7. The lowest BCUT2D eigenvalue weighted by molar-refractivity contribution is -0.123. The largest absolute Gasteiger partial charge is 0.495 e. The lowest BCUT2D eigenvalue weighted by Gasteiger charge is -2.25. The summed E-state index contributed by atoms with van der Waals surface area (Å²) in [6, 6.07) is 10.7. The maximum absolute atomic E-state index is 12.8. The Bertz CT molecular complexity index is 1230. The van der Waals surface area contributed by atoms with Crippen LogP contribution in [-0.4, -0.2) is 41.1 Å². The number of amides is 1. The normalized spacial score (nSPS) is 15.3. The van der Waals surface area contributed by atoms with E-state index in [1.165, 1.54) is 12.1 Å². The summed E-state index contributed by atoms with van der Waals surface area (Å²) in [4.78, 5) is 14.6. The minimum atomic E-state index is -4.01. The van der Waals surface area contributed by atoms with Crippen LogP contribution < -0.4 is 19.7 Å². The van der Waals surface area contributed by atoms with E-state index in [-0.39, 0.29) is 20.8 Å². The first kappa shape index (κ1) is 27.4. The first-order valence-corrected chi connectivity index (χ1v) is 13.9. The summed E-state index contributed by atoms with van der Waals surface area (Å²) in [5.74, 6) is 0.251. The number of ether oxygens (including phenoxy) is 1. The fourth-order valence-corrected chi connectivity index (χ4v) is 6.68. The number of nitrogens with one attached hydrogen (secondary N) is 2. The van der Waals surface area contributed by atoms with Gasteiger partial charge in [0.2, 0.25) is 5.91 Å². The molecule has 11 heteroatoms. The Hall–Kier alpha value is -2.20. The van der Waals surface area contributed by atoms with Crippen molar-refractivity contribution in [1.29, 1.82) is 0 Å². The number of benzene rings is 2. The van der Waals surface area contributed by atoms with Crippen LogP contribution in [0.25, 0.3) is 0 Å². The van der Waals surface area contributed by atoms with E-state index < -0.39 is 15.9 Å². The second kappa shape index (κ2) is 12.2. The zero-order chi connectivity index (χ0) is 25.6. The molecule has 188 valence electrons. The molecule has 1 unspecified atom stereocenters. The molecule has 0 aromatic heterocycles. The number of hydrogen-bond donors (Lipinski definition) is 2. The Morgan fingerprint density at radius 1 is 1.23 bits per heavy atom. The highest BCUT2D eigenvalue weighted by Gasteiger charge is 2.25. The van der Waals surface area contributed by atoms with Gasteiger partial charge >= 0.3 is 0 Å². The molecule has 2 N–H and O–H groups in total. The average molecular weight is 603 g/mol. The summed E-state index contributed by atoms with van der Waals surface area (Å²) < 4.78 is 34.1. The molecule has 0 radical (unpaired) electrons. The Labute approximate surface area is 224 Å². The third-order valence-corrected chi connectivity index (χ3v) is 8.17. The van der Waals surface area contributed by atoms with Gasteiger partial charge < -0.3 is 15.0 Å². The lowest BCUT2D eigenvalue weighted by atomic mass is 9.99. The number of likely N-dealkylation sites (N-methyl/N-ethyl adjacent to an activating group) is 1. The van der Waals surface area contributed by atoms with E-state index in [0.29, 0.717) is 29.7 Å². The number of allylic oxidation sites excluding steroid dienone is 2. The molecule has 2 aromatic carbocycles. The molecule has 0 saturated carbocycles. The van der Waals surface area contributed by atoms with Gasteiger partial charge in [-0.2, -0.15) is 0 Å². The third-order valence-electron chi connectivity index (χ3n) is 5.41. The number of para-hydroxylation sites is 2. The van der Waals surface area contributed by atoms with Crippen LogP contribution in [0.1, 0.15) is 13.3 Å². The topological polar surface area (TPSA) is 87.7 Å². The maximum Gasteiger partial charge on any atom is 0.264 e. The summed E-state index contributed by atoms with van der Waals surface area (Å²) in [7, 11) is -2.37. The fraction of sp³-hybridized carbons (Fsp3) is 0.292. The quantitative estimate of drug-likeness (QED) is 0.393. The van der Waals surface area contributed by atoms with Gasteiger partial charge in [-0.1, -0.05) is 63.4 Å². The van der Waals surface area contributed by atoms with E-state index in [1.54, 1.807) is 25.3 Å². The van der Waals surface area contributed by atoms with E-state index in [4.69, 9.17) is 27.9 Å². The summed E-state index contributed by atoms with van der Waals surface area (Å²) in [6.07, 6.45) is 5.26. The van der Waals surface area contributed by atoms with Crippen molar-refractivity contribution in [1.82, 2.24) is 10.0 Å². The van der Waals surface area contributed by atoms with Crippen molar-refractivity contribution in [3.8, 4) is 5.75 Å². The van der Waals surface area contributed by atoms with Crippen LogP contribution in [0, 0.1) is 5.92 Å². The minimum absolute atomic E-state index is 0.00349. The molecule has 2 aromatic rings. The second-order valence-corrected chi connectivity index (χ2v) is 11.1. The van der Waals surface area contributed by atoms with Crippen molar-refractivity contribution >= 4 is 60.7 Å². The molecule has 0 saturated heterocycles. The van der Waals surface area contributed by atoms with Crippen LogP contribution in [0.4, 0.5) is 5.69 Å². The number of sulfonamides is 1. The lowest BCUT2D eigenvalue weighted by Crippen LogP contribution is -2.38. The molecule has 0 fully saturated rings. The van der Waals surface area contributed by atoms with E-state index in [9.17, 15) is 13.2 Å². The number of carbonyl (C=O) groups excluding carboxylic acids is 1. The van der Waals surface area contributed by atoms with Crippen LogP contribution in [0.3, 0.4) is 0 Å². The van der Waals surface area contributed by atoms with Crippen molar-refractivity contribution in [2.45, 2.75) is 18.2 Å². The van der Waals surface area contributed by atoms with Crippen LogP contribution >= 0.6 is 39.1 Å². The van der Waals surface area contributed by atoms with Crippen molar-refractivity contribution in [3.05, 3.63) is 74.8 Å². The first-order valence-electron chi connectivity index (χ1n) is 10.9. The highest BCUT2D eigenvalue weighted by molar-refractivity contribution is 9.10. The number of anilines is 1. The van der Waals surface area contributed by atoms with Crippen LogP contribution in [0.5, 0.6) is 5.75 Å². The second-order valence-electron chi connectivity index (χ2n) is 7.71. The Balaban J connectivity index is 1.55. The van der Waals surface area contributed by atoms with Gasteiger partial charge in [-0.3, -0.25) is 9.52 Å². The number of halogens is 3. The Kier molecular flexibility index (Phi) is 9.52. The van der Waals surface area contributed by atoms with Crippen molar-refractivity contribution in [3.63, 3.8) is 0 Å². The number of nitrogens with zero attached hydrogens (tertiary/aromatic N) is 1. The maximum atomic E-state index is 12.8. The van der Waals surface area contributed by atoms with Crippen molar-refractivity contribution in [2.24, 2.45) is 5.92 Å². The molecular weight excluding hydrogens is 577 g/mol. The van der Waals surface area contributed by atoms with Gasteiger partial charge in [-0.15, -0.1) is 0 Å². The highest BCUT2D eigenvalue weighted by Crippen LogP contribution is 2.33. The van der Waals surface area contributed by atoms with Gasteiger partial charge in [0.05, 0.1) is 28.8 Å². The number of rotatable bonds is 10. The van der Waals surface area contributed by atoms with Gasteiger partial charge in [0.15, 0.2) is 0 Å². The fourth-order valence-electron chi connectivity index (χ4n) is 3.67. The predicted molar refractivity (Wildman–Crippen MR) is 144 cm³/mol. The Morgan fingerprint density at radius 3 is 2.51 bits per heavy atom. The SMILES string of the molecule is CCN(CCNC(=O)C1C=CC(NS(=O)(=O)c2c(Cl)cc(Br)cc2Cl)=CC1)c1ccccc1OC. The van der Waals surface area contributed by atoms with Crippen LogP contribution in [0.15, 0.2) is 69.7 Å². The monoisotopic (exact) mass is 601 g/mol. The van der Waals surface area contributed by atoms with E-state index in [0.717, 1.165) is 18.0 Å². The highest BCUT2D eigenvalue weighted by atomic mass is 79.9. The summed E-state index contributed by atoms with van der Waals surface area (Å²) in [6.45, 7) is 3.88. The van der Waals surface area contributed by atoms with E-state index >= 15 is 0 Å². The number of carbonyl (C=O) groups is 1. The summed E-state index contributed by atoms with van der Waals surface area (Å²) >= 11 is 15.4. The molecule has 35 heavy (non-hydrogen) atoms. The molecule has 7 nitrogen and oxygen atoms in total. The molecule has 0 heterocycles. The molecule has 1 aliphatic rings. The van der Waals surface area contributed by atoms with Gasteiger partial charge in [-0.25, -0.2) is 8.42 Å². The molecule has 0 bridgehead atoms. The molecular formula is C24H26BrCl2N3O4S. The standard InChI is InChI=1S/C24H26BrCl2N3O4S/c1-3-30(21-6-4-5-7-22(21)34-2)13-12-28-24(31)16-8-10-18(11-9-16)29-35(32,33)23-19(26)14-17(25)15-20(23)27/h4-8,10-11,14-16,29H,3,9,12-13H2,1-2H3,(H,28,31). The summed E-state index contributed by atoms with van der Waals surface area (Å²) in [5, 5.41) is 2.96. The Morgan fingerprint density at radius 2 is 1.91 bits per heavy atom. The number of methoxy groups -OCH3 is 1. The zero-order valence-corrected chi connectivity index (χ0v) is 23.1. The molecule has 3 rings (SSSR count). The van der Waals surface area contributed by atoms with E-state index in [2.05, 4.69) is 30.9 Å². The van der Waals surface area contributed by atoms with E-state index in [1.807, 2.05) is 31.2 Å². The zero-order valence-electron chi connectivity index (χ0n) is 19.2. The third kappa shape index (κ3) is 6.94. The smallest absolute Gasteiger partial charge is 0.264 e.